The van der Waals surface area contributed by atoms with Gasteiger partial charge >= 0.3 is 0 Å². The van der Waals surface area contributed by atoms with Crippen LogP contribution in [-0.2, 0) is 19.6 Å². The van der Waals surface area contributed by atoms with Gasteiger partial charge in [0, 0.05) is 12.7 Å². The molecule has 3 rings (SSSR count). The summed E-state index contributed by atoms with van der Waals surface area (Å²) in [6.45, 7) is -1.08. The summed E-state index contributed by atoms with van der Waals surface area (Å²) < 4.78 is 38.3. The first kappa shape index (κ1) is 19.5. The van der Waals surface area contributed by atoms with Gasteiger partial charge in [-0.25, -0.2) is 17.1 Å². The minimum Gasteiger partial charge on any atom is -0.335 e. The van der Waals surface area contributed by atoms with E-state index in [1.165, 1.54) is 55.6 Å². The van der Waals surface area contributed by atoms with E-state index in [9.17, 15) is 27.2 Å². The molecule has 28 heavy (non-hydrogen) atoms. The number of anilines is 1. The molecule has 0 bridgehead atoms. The Labute approximate surface area is 160 Å². The number of sulfonamides is 1. The van der Waals surface area contributed by atoms with Gasteiger partial charge in [-0.3, -0.25) is 14.4 Å². The number of hydrogen-bond acceptors (Lipinski definition) is 5. The fraction of sp³-hybridized carbons (Fsp3) is 0.167. The van der Waals surface area contributed by atoms with Crippen LogP contribution in [0.2, 0.25) is 0 Å². The van der Waals surface area contributed by atoms with Crippen molar-refractivity contribution in [3.05, 3.63) is 59.9 Å². The van der Waals surface area contributed by atoms with Crippen LogP contribution in [0.3, 0.4) is 0 Å². The summed E-state index contributed by atoms with van der Waals surface area (Å²) in [4.78, 5) is 37.6. The van der Waals surface area contributed by atoms with Crippen molar-refractivity contribution in [1.82, 2.24) is 9.21 Å². The second-order valence-corrected chi connectivity index (χ2v) is 7.95. The van der Waals surface area contributed by atoms with E-state index in [1.54, 1.807) is 0 Å². The van der Waals surface area contributed by atoms with Crippen molar-refractivity contribution in [1.29, 1.82) is 0 Å². The highest BCUT2D eigenvalue weighted by Gasteiger charge is 2.42. The first-order valence-electron chi connectivity index (χ1n) is 8.15. The highest BCUT2D eigenvalue weighted by Crippen LogP contribution is 2.29. The molecule has 0 spiro atoms. The highest BCUT2D eigenvalue weighted by molar-refractivity contribution is 7.90. The summed E-state index contributed by atoms with van der Waals surface area (Å²) in [5, 5.41) is 2.49. The maximum atomic E-state index is 12.9. The number of nitrogens with zero attached hydrogens (tertiary/aromatic N) is 2. The van der Waals surface area contributed by atoms with Gasteiger partial charge in [-0.15, -0.1) is 0 Å². The number of hydrogen-bond donors (Lipinski definition) is 1. The molecule has 1 aliphatic heterocycles. The summed E-state index contributed by atoms with van der Waals surface area (Å²) in [6, 6.07) is 10.8. The Morgan fingerprint density at radius 1 is 1.11 bits per heavy atom. The van der Waals surface area contributed by atoms with Crippen LogP contribution in [0.1, 0.15) is 10.4 Å². The minimum absolute atomic E-state index is 0.00649. The van der Waals surface area contributed by atoms with Crippen molar-refractivity contribution >= 4 is 33.4 Å². The Balaban J connectivity index is 1.64. The van der Waals surface area contributed by atoms with E-state index in [0.29, 0.717) is 9.99 Å². The molecule has 0 saturated heterocycles. The summed E-state index contributed by atoms with van der Waals surface area (Å²) in [7, 11) is -2.79. The third-order valence-electron chi connectivity index (χ3n) is 4.13. The van der Waals surface area contributed by atoms with Gasteiger partial charge in [0.1, 0.15) is 17.3 Å². The zero-order valence-electron chi connectivity index (χ0n) is 14.8. The maximum absolute atomic E-state index is 12.9. The Morgan fingerprint density at radius 2 is 1.75 bits per heavy atom. The van der Waals surface area contributed by atoms with Gasteiger partial charge in [-0.05, 0) is 36.4 Å². The zero-order valence-corrected chi connectivity index (χ0v) is 15.6. The average Bonchev–Trinajstić information content (AvgIpc) is 2.84. The molecule has 0 unspecified atom stereocenters. The van der Waals surface area contributed by atoms with Crippen LogP contribution in [0.4, 0.5) is 10.1 Å². The van der Waals surface area contributed by atoms with E-state index in [4.69, 9.17) is 0 Å². The SMILES string of the molecule is CN(CC(=O)Nc1ccc(F)cc1)C(=O)CN1C(=O)c2ccccc2S1(=O)=O. The van der Waals surface area contributed by atoms with Gasteiger partial charge in [-0.2, -0.15) is 0 Å². The van der Waals surface area contributed by atoms with Crippen molar-refractivity contribution in [3.8, 4) is 0 Å². The van der Waals surface area contributed by atoms with Gasteiger partial charge in [0.15, 0.2) is 0 Å². The van der Waals surface area contributed by atoms with Crippen LogP contribution in [0, 0.1) is 5.82 Å². The fourth-order valence-corrected chi connectivity index (χ4v) is 4.19. The number of carbonyl (C=O) groups is 3. The van der Waals surface area contributed by atoms with Gasteiger partial charge < -0.3 is 10.2 Å². The predicted octanol–water partition coefficient (Wildman–Crippen LogP) is 1.07. The summed E-state index contributed by atoms with van der Waals surface area (Å²) in [5.41, 5.74) is 0.354. The topological polar surface area (TPSA) is 104 Å². The molecule has 2 aromatic carbocycles. The average molecular weight is 405 g/mol. The molecule has 0 aromatic heterocycles. The Kier molecular flexibility index (Phi) is 5.14. The minimum atomic E-state index is -4.11. The number of benzene rings is 2. The molecule has 0 saturated carbocycles. The molecule has 3 amide bonds. The van der Waals surface area contributed by atoms with E-state index >= 15 is 0 Å². The van der Waals surface area contributed by atoms with E-state index < -0.39 is 40.1 Å². The van der Waals surface area contributed by atoms with Gasteiger partial charge in [0.2, 0.25) is 11.8 Å². The summed E-state index contributed by atoms with van der Waals surface area (Å²) in [6.07, 6.45) is 0. The van der Waals surface area contributed by atoms with E-state index in [1.807, 2.05) is 0 Å². The fourth-order valence-electron chi connectivity index (χ4n) is 2.67. The molecule has 0 aliphatic carbocycles. The van der Waals surface area contributed by atoms with E-state index in [-0.39, 0.29) is 17.0 Å². The molecule has 8 nitrogen and oxygen atoms in total. The van der Waals surface area contributed by atoms with Crippen LogP contribution in [0.25, 0.3) is 0 Å². The zero-order chi connectivity index (χ0) is 20.5. The molecule has 10 heteroatoms. The first-order chi connectivity index (χ1) is 13.2. The molecule has 146 valence electrons. The number of nitrogens with one attached hydrogen (secondary N) is 1. The smallest absolute Gasteiger partial charge is 0.269 e. The predicted molar refractivity (Wildman–Crippen MR) is 97.3 cm³/mol. The van der Waals surface area contributed by atoms with Crippen molar-refractivity contribution in [2.45, 2.75) is 4.90 Å². The molecule has 2 aromatic rings. The first-order valence-corrected chi connectivity index (χ1v) is 9.59. The lowest BCUT2D eigenvalue weighted by Gasteiger charge is -2.20. The standard InChI is InChI=1S/C18H16FN3O5S/c1-21(10-16(23)20-13-8-6-12(19)7-9-13)17(24)11-22-18(25)14-4-2-3-5-15(14)28(22,26)27/h2-9H,10-11H2,1H3,(H,20,23). The van der Waals surface area contributed by atoms with Crippen LogP contribution in [0.5, 0.6) is 0 Å². The molecule has 1 heterocycles. The number of carbonyl (C=O) groups excluding carboxylic acids is 3. The van der Waals surface area contributed by atoms with Crippen molar-refractivity contribution in [2.24, 2.45) is 0 Å². The van der Waals surface area contributed by atoms with Crippen molar-refractivity contribution in [3.63, 3.8) is 0 Å². The lowest BCUT2D eigenvalue weighted by atomic mass is 10.2. The Hall–Kier alpha value is -3.27. The second-order valence-electron chi connectivity index (χ2n) is 6.12. The molecule has 1 N–H and O–H groups in total. The summed E-state index contributed by atoms with van der Waals surface area (Å²) in [5.74, 6) is -2.52. The third kappa shape index (κ3) is 3.72. The molecule has 0 atom stereocenters. The van der Waals surface area contributed by atoms with Crippen LogP contribution in [0.15, 0.2) is 53.4 Å². The lowest BCUT2D eigenvalue weighted by molar-refractivity contribution is -0.133. The summed E-state index contributed by atoms with van der Waals surface area (Å²) >= 11 is 0. The van der Waals surface area contributed by atoms with Crippen molar-refractivity contribution in [2.75, 3.05) is 25.5 Å². The molecular formula is C18H16FN3O5S. The largest absolute Gasteiger partial charge is 0.335 e. The Bertz CT molecular complexity index is 1050. The molecule has 1 aliphatic rings. The normalized spacial score (nSPS) is 14.5. The monoisotopic (exact) mass is 405 g/mol. The quantitative estimate of drug-likeness (QED) is 0.801. The van der Waals surface area contributed by atoms with Crippen molar-refractivity contribution < 1.29 is 27.2 Å². The highest BCUT2D eigenvalue weighted by atomic mass is 32.2. The molecule has 0 radical (unpaired) electrons. The number of halogens is 1. The van der Waals surface area contributed by atoms with E-state index in [0.717, 1.165) is 4.90 Å². The number of likely N-dealkylation sites (N-methyl/N-ethyl adjacent to an activating group) is 1. The molecular weight excluding hydrogens is 389 g/mol. The number of fused-ring (bicyclic) bond motifs is 1. The second kappa shape index (κ2) is 7.39. The van der Waals surface area contributed by atoms with Crippen LogP contribution >= 0.6 is 0 Å². The number of rotatable bonds is 5. The lowest BCUT2D eigenvalue weighted by Crippen LogP contribution is -2.43. The van der Waals surface area contributed by atoms with Gasteiger partial charge in [0.05, 0.1) is 12.1 Å². The van der Waals surface area contributed by atoms with Crippen LogP contribution < -0.4 is 5.32 Å². The Morgan fingerprint density at radius 3 is 2.39 bits per heavy atom. The van der Waals surface area contributed by atoms with Gasteiger partial charge in [-0.1, -0.05) is 12.1 Å². The van der Waals surface area contributed by atoms with E-state index in [2.05, 4.69) is 5.32 Å². The number of amides is 3. The van der Waals surface area contributed by atoms with Crippen LogP contribution in [-0.4, -0.2) is 55.5 Å². The molecule has 0 fully saturated rings. The third-order valence-corrected chi connectivity index (χ3v) is 5.91. The maximum Gasteiger partial charge on any atom is 0.269 e. The van der Waals surface area contributed by atoms with Gasteiger partial charge in [0.25, 0.3) is 15.9 Å².